The van der Waals surface area contributed by atoms with Crippen LogP contribution in [0.5, 0.6) is 0 Å². The summed E-state index contributed by atoms with van der Waals surface area (Å²) in [6, 6.07) is 11.9. The van der Waals surface area contributed by atoms with Crippen molar-refractivity contribution in [3.05, 3.63) is 53.0 Å². The molecule has 1 aromatic carbocycles. The first-order chi connectivity index (χ1) is 10.4. The van der Waals surface area contributed by atoms with Crippen LogP contribution < -0.4 is 5.32 Å². The summed E-state index contributed by atoms with van der Waals surface area (Å²) in [5.41, 5.74) is 3.10. The first-order valence-electron chi connectivity index (χ1n) is 7.92. The summed E-state index contributed by atoms with van der Waals surface area (Å²) < 4.78 is 5.89. The lowest BCUT2D eigenvalue weighted by molar-refractivity contribution is 0.458. The molecule has 2 aromatic rings. The van der Waals surface area contributed by atoms with E-state index in [4.69, 9.17) is 4.42 Å². The Bertz CT molecular complexity index is 630. The quantitative estimate of drug-likeness (QED) is 0.805. The van der Waals surface area contributed by atoms with E-state index in [2.05, 4.69) is 35.6 Å². The molecule has 2 nitrogen and oxygen atoms in total. The van der Waals surface area contributed by atoms with Crippen molar-refractivity contribution >= 4 is 11.8 Å². The molecule has 0 unspecified atom stereocenters. The molecule has 0 saturated heterocycles. The van der Waals surface area contributed by atoms with E-state index in [9.17, 15) is 0 Å². The van der Waals surface area contributed by atoms with Crippen LogP contribution in [0.4, 0.5) is 0 Å². The van der Waals surface area contributed by atoms with Crippen LogP contribution in [0.25, 0.3) is 0 Å². The maximum absolute atomic E-state index is 5.89. The number of rotatable bonds is 6. The van der Waals surface area contributed by atoms with Crippen LogP contribution >= 0.6 is 11.8 Å². The number of hydrogen-bond donors (Lipinski definition) is 1. The number of thioether (sulfide) groups is 1. The van der Waals surface area contributed by atoms with Crippen LogP contribution in [0.15, 0.2) is 39.6 Å². The monoisotopic (exact) mass is 299 g/mol. The number of benzene rings is 1. The molecule has 3 heteroatoms. The van der Waals surface area contributed by atoms with Gasteiger partial charge in [0.2, 0.25) is 0 Å². The first-order valence-corrected chi connectivity index (χ1v) is 8.91. The number of hydrogen-bond acceptors (Lipinski definition) is 3. The van der Waals surface area contributed by atoms with E-state index in [1.54, 1.807) is 11.1 Å². The predicted molar refractivity (Wildman–Crippen MR) is 86.6 cm³/mol. The van der Waals surface area contributed by atoms with Gasteiger partial charge in [-0.25, -0.2) is 0 Å². The van der Waals surface area contributed by atoms with Gasteiger partial charge in [0, 0.05) is 10.9 Å². The molecule has 4 rings (SSSR count). The summed E-state index contributed by atoms with van der Waals surface area (Å²) >= 11 is 1.88. The van der Waals surface area contributed by atoms with Crippen molar-refractivity contribution < 1.29 is 4.42 Å². The van der Waals surface area contributed by atoms with Crippen molar-refractivity contribution in [2.75, 3.05) is 0 Å². The highest BCUT2D eigenvalue weighted by atomic mass is 32.2. The molecule has 1 heterocycles. The van der Waals surface area contributed by atoms with Crippen molar-refractivity contribution in [3.8, 4) is 0 Å². The largest absolute Gasteiger partial charge is 0.464 e. The van der Waals surface area contributed by atoms with Gasteiger partial charge < -0.3 is 9.73 Å². The number of aryl methyl sites for hydroxylation is 2. The zero-order valence-corrected chi connectivity index (χ0v) is 13.0. The molecular weight excluding hydrogens is 278 g/mol. The summed E-state index contributed by atoms with van der Waals surface area (Å²) in [6.45, 7) is 0.869. The highest BCUT2D eigenvalue weighted by Crippen LogP contribution is 2.29. The van der Waals surface area contributed by atoms with E-state index in [0.717, 1.165) is 29.9 Å². The zero-order valence-electron chi connectivity index (χ0n) is 12.2. The molecule has 110 valence electrons. The van der Waals surface area contributed by atoms with Gasteiger partial charge in [-0.2, -0.15) is 0 Å². The molecule has 1 saturated carbocycles. The summed E-state index contributed by atoms with van der Waals surface area (Å²) in [6.07, 6.45) is 6.47. The molecule has 0 spiro atoms. The lowest BCUT2D eigenvalue weighted by Gasteiger charge is -2.04. The zero-order chi connectivity index (χ0) is 14.1. The Morgan fingerprint density at radius 3 is 2.81 bits per heavy atom. The predicted octanol–water partition coefficient (Wildman–Crippen LogP) is 4.31. The van der Waals surface area contributed by atoms with Gasteiger partial charge in [-0.1, -0.05) is 6.07 Å². The lowest BCUT2D eigenvalue weighted by Crippen LogP contribution is -2.14. The van der Waals surface area contributed by atoms with E-state index < -0.39 is 0 Å². The average molecular weight is 299 g/mol. The average Bonchev–Trinajstić information content (AvgIpc) is 3.04. The molecule has 21 heavy (non-hydrogen) atoms. The van der Waals surface area contributed by atoms with E-state index in [-0.39, 0.29) is 0 Å². The second kappa shape index (κ2) is 5.90. The second-order valence-corrected chi connectivity index (χ2v) is 7.14. The Kier molecular flexibility index (Phi) is 3.78. The Morgan fingerprint density at radius 1 is 1.05 bits per heavy atom. The van der Waals surface area contributed by atoms with Crippen LogP contribution in [0, 0.1) is 0 Å². The van der Waals surface area contributed by atoms with E-state index in [0.29, 0.717) is 0 Å². The Balaban J connectivity index is 1.33. The molecule has 0 amide bonds. The molecule has 1 fully saturated rings. The number of fused-ring (bicyclic) bond motifs is 1. The Hall–Kier alpha value is -1.19. The third kappa shape index (κ3) is 3.35. The maximum atomic E-state index is 5.89. The maximum Gasteiger partial charge on any atom is 0.118 e. The van der Waals surface area contributed by atoms with Gasteiger partial charge in [0.05, 0.1) is 12.3 Å². The summed E-state index contributed by atoms with van der Waals surface area (Å²) in [7, 11) is 0. The summed E-state index contributed by atoms with van der Waals surface area (Å²) in [5.74, 6) is 3.06. The highest BCUT2D eigenvalue weighted by molar-refractivity contribution is 7.98. The first kappa shape index (κ1) is 13.5. The number of nitrogens with one attached hydrogen (secondary N) is 1. The van der Waals surface area contributed by atoms with Gasteiger partial charge in [0.15, 0.2) is 0 Å². The van der Waals surface area contributed by atoms with E-state index >= 15 is 0 Å². The third-order valence-corrected chi connectivity index (χ3v) is 5.33. The normalized spacial score (nSPS) is 17.1. The highest BCUT2D eigenvalue weighted by Gasteiger charge is 2.20. The van der Waals surface area contributed by atoms with Crippen LogP contribution in [-0.4, -0.2) is 6.04 Å². The van der Waals surface area contributed by atoms with Gasteiger partial charge in [0.1, 0.15) is 11.5 Å². The molecule has 0 radical (unpaired) electrons. The third-order valence-electron chi connectivity index (χ3n) is 4.31. The molecule has 2 aliphatic rings. The lowest BCUT2D eigenvalue weighted by atomic mass is 10.1. The number of furan rings is 1. The van der Waals surface area contributed by atoms with Crippen molar-refractivity contribution in [3.63, 3.8) is 0 Å². The van der Waals surface area contributed by atoms with Crippen LogP contribution in [0.2, 0.25) is 0 Å². The molecule has 0 aliphatic heterocycles. The van der Waals surface area contributed by atoms with Crippen molar-refractivity contribution in [2.24, 2.45) is 0 Å². The fraction of sp³-hybridized carbons (Fsp3) is 0.444. The molecule has 0 bridgehead atoms. The second-order valence-electron chi connectivity index (χ2n) is 6.10. The molecular formula is C18H21NOS. The Morgan fingerprint density at radius 2 is 1.90 bits per heavy atom. The van der Waals surface area contributed by atoms with Crippen LogP contribution in [0.3, 0.4) is 0 Å². The topological polar surface area (TPSA) is 25.2 Å². The summed E-state index contributed by atoms with van der Waals surface area (Å²) in [5, 5.41) is 3.49. The SMILES string of the molecule is c1cc2c(cc1SCc1ccc(CNC3CC3)o1)CCC2. The van der Waals surface area contributed by atoms with Crippen molar-refractivity contribution in [1.82, 2.24) is 5.32 Å². The minimum absolute atomic E-state index is 0.735. The van der Waals surface area contributed by atoms with E-state index in [1.807, 2.05) is 11.8 Å². The van der Waals surface area contributed by atoms with Crippen molar-refractivity contribution in [2.45, 2.75) is 55.3 Å². The molecule has 0 atom stereocenters. The van der Waals surface area contributed by atoms with Crippen molar-refractivity contribution in [1.29, 1.82) is 0 Å². The van der Waals surface area contributed by atoms with Gasteiger partial charge >= 0.3 is 0 Å². The van der Waals surface area contributed by atoms with Crippen LogP contribution in [0.1, 0.15) is 41.9 Å². The minimum Gasteiger partial charge on any atom is -0.464 e. The van der Waals surface area contributed by atoms with Gasteiger partial charge in [-0.15, -0.1) is 11.8 Å². The smallest absolute Gasteiger partial charge is 0.118 e. The molecule has 2 aliphatic carbocycles. The summed E-state index contributed by atoms with van der Waals surface area (Å²) in [4.78, 5) is 1.37. The van der Waals surface area contributed by atoms with Crippen LogP contribution in [-0.2, 0) is 25.1 Å². The minimum atomic E-state index is 0.735. The van der Waals surface area contributed by atoms with Gasteiger partial charge in [-0.3, -0.25) is 0 Å². The van der Waals surface area contributed by atoms with Gasteiger partial charge in [-0.05, 0) is 67.5 Å². The molecule has 1 N–H and O–H groups in total. The fourth-order valence-electron chi connectivity index (χ4n) is 2.92. The van der Waals surface area contributed by atoms with E-state index in [1.165, 1.54) is 37.0 Å². The Labute approximate surface area is 130 Å². The fourth-order valence-corrected chi connectivity index (χ4v) is 3.77. The standard InChI is InChI=1S/C18H21NOS/c1-2-13-4-9-18(10-14(13)3-1)21-12-17-8-7-16(20-17)11-19-15-5-6-15/h4,7-10,15,19H,1-3,5-6,11-12H2. The molecule has 1 aromatic heterocycles. The van der Waals surface area contributed by atoms with Gasteiger partial charge in [0.25, 0.3) is 0 Å².